The Bertz CT molecular complexity index is 896. The summed E-state index contributed by atoms with van der Waals surface area (Å²) in [6, 6.07) is 2.27. The van der Waals surface area contributed by atoms with Gasteiger partial charge in [0.15, 0.2) is 15.4 Å². The molecule has 6 nitrogen and oxygen atoms in total. The van der Waals surface area contributed by atoms with Crippen LogP contribution < -0.4 is 0 Å². The van der Waals surface area contributed by atoms with Gasteiger partial charge >= 0.3 is 0 Å². The average molecular weight is 377 g/mol. The van der Waals surface area contributed by atoms with Gasteiger partial charge in [0.1, 0.15) is 22.1 Å². The maximum Gasteiger partial charge on any atom is 0.185 e. The monoisotopic (exact) mass is 376 g/mol. The molecular formula is C15H18ClFN2O4S. The summed E-state index contributed by atoms with van der Waals surface area (Å²) in [5, 5.41) is 3.67. The molecule has 1 aromatic heterocycles. The van der Waals surface area contributed by atoms with Crippen molar-refractivity contribution >= 4 is 32.4 Å². The third kappa shape index (κ3) is 2.81. The smallest absolute Gasteiger partial charge is 0.185 e. The number of fused-ring (bicyclic) bond motifs is 1. The van der Waals surface area contributed by atoms with Crippen LogP contribution in [-0.4, -0.2) is 36.7 Å². The van der Waals surface area contributed by atoms with Gasteiger partial charge in [-0.05, 0) is 32.9 Å². The molecule has 0 bridgehead atoms. The van der Waals surface area contributed by atoms with E-state index in [4.69, 9.17) is 21.0 Å². The highest BCUT2D eigenvalue weighted by molar-refractivity contribution is 7.92. The number of hydrogen-bond acceptors (Lipinski definition) is 6. The van der Waals surface area contributed by atoms with Crippen LogP contribution in [0.1, 0.15) is 38.1 Å². The van der Waals surface area contributed by atoms with E-state index in [9.17, 15) is 12.8 Å². The molecule has 1 aliphatic heterocycles. The van der Waals surface area contributed by atoms with E-state index in [2.05, 4.69) is 5.16 Å². The Kier molecular flexibility index (Phi) is 4.15. The first kappa shape index (κ1) is 17.6. The molecule has 0 spiro atoms. The van der Waals surface area contributed by atoms with E-state index in [1.54, 1.807) is 7.05 Å². The van der Waals surface area contributed by atoms with Gasteiger partial charge in [-0.3, -0.25) is 4.84 Å². The molecule has 0 aliphatic carbocycles. The summed E-state index contributed by atoms with van der Waals surface area (Å²) in [4.78, 5) is 5.57. The molecule has 1 aromatic carbocycles. The molecule has 132 valence electrons. The third-order valence-corrected chi connectivity index (χ3v) is 6.95. The van der Waals surface area contributed by atoms with Crippen molar-refractivity contribution in [3.8, 4) is 0 Å². The Labute approximate surface area is 144 Å². The highest BCUT2D eigenvalue weighted by Crippen LogP contribution is 2.39. The molecular weight excluding hydrogens is 359 g/mol. The first-order chi connectivity index (χ1) is 11.0. The lowest BCUT2D eigenvalue weighted by Gasteiger charge is -2.21. The molecule has 1 fully saturated rings. The van der Waals surface area contributed by atoms with Gasteiger partial charge in [0.05, 0.1) is 16.0 Å². The molecule has 1 saturated heterocycles. The Morgan fingerprint density at radius 3 is 2.71 bits per heavy atom. The van der Waals surface area contributed by atoms with Gasteiger partial charge < -0.3 is 4.52 Å². The zero-order valence-corrected chi connectivity index (χ0v) is 15.3. The van der Waals surface area contributed by atoms with E-state index >= 15 is 0 Å². The number of rotatable bonds is 3. The van der Waals surface area contributed by atoms with Gasteiger partial charge in [0.2, 0.25) is 0 Å². The third-order valence-electron chi connectivity index (χ3n) is 4.24. The molecule has 24 heavy (non-hydrogen) atoms. The topological polar surface area (TPSA) is 72.6 Å². The molecule has 9 heteroatoms. The molecule has 0 N–H and O–H groups in total. The van der Waals surface area contributed by atoms with Gasteiger partial charge in [-0.2, -0.15) is 5.06 Å². The molecule has 2 heterocycles. The van der Waals surface area contributed by atoms with E-state index in [-0.39, 0.29) is 21.7 Å². The largest absolute Gasteiger partial charge is 0.354 e. The minimum absolute atomic E-state index is 0.0517. The Morgan fingerprint density at radius 1 is 1.46 bits per heavy atom. The van der Waals surface area contributed by atoms with Gasteiger partial charge in [-0.1, -0.05) is 16.8 Å². The van der Waals surface area contributed by atoms with Gasteiger partial charge in [0.25, 0.3) is 0 Å². The molecule has 0 radical (unpaired) electrons. The van der Waals surface area contributed by atoms with Crippen molar-refractivity contribution in [1.82, 2.24) is 10.2 Å². The normalized spacial score (nSPS) is 23.0. The van der Waals surface area contributed by atoms with Gasteiger partial charge in [-0.15, -0.1) is 0 Å². The lowest BCUT2D eigenvalue weighted by atomic mass is 10.1. The van der Waals surface area contributed by atoms with Crippen molar-refractivity contribution in [1.29, 1.82) is 0 Å². The van der Waals surface area contributed by atoms with Crippen molar-refractivity contribution in [3.63, 3.8) is 0 Å². The lowest BCUT2D eigenvalue weighted by Crippen LogP contribution is -2.34. The van der Waals surface area contributed by atoms with E-state index in [1.165, 1.54) is 18.1 Å². The van der Waals surface area contributed by atoms with Crippen LogP contribution in [0.3, 0.4) is 0 Å². The molecule has 2 atom stereocenters. The number of hydroxylamine groups is 2. The predicted octanol–water partition coefficient (Wildman–Crippen LogP) is 3.47. The maximum atomic E-state index is 13.6. The summed E-state index contributed by atoms with van der Waals surface area (Å²) in [5.41, 5.74) is -0.260. The Balaban J connectivity index is 2.04. The standard InChI is InChI=1S/C15H18ClFN2O4S/c1-8(24(20,21)12-7-15(2,3)23-19(12)4)13-10-5-9(17)6-11(16)14(10)22-18-13/h5-6,8,12H,7H2,1-4H3. The molecule has 1 aliphatic rings. The fourth-order valence-corrected chi connectivity index (χ4v) is 5.31. The van der Waals surface area contributed by atoms with Crippen molar-refractivity contribution in [2.45, 2.75) is 43.4 Å². The van der Waals surface area contributed by atoms with E-state index in [0.717, 1.165) is 6.07 Å². The second-order valence-electron chi connectivity index (χ2n) is 6.62. The molecule has 2 unspecified atom stereocenters. The van der Waals surface area contributed by atoms with Crippen molar-refractivity contribution in [2.24, 2.45) is 0 Å². The van der Waals surface area contributed by atoms with E-state index in [0.29, 0.717) is 6.42 Å². The molecule has 0 amide bonds. The van der Waals surface area contributed by atoms with Crippen molar-refractivity contribution in [2.75, 3.05) is 7.05 Å². The Morgan fingerprint density at radius 2 is 2.12 bits per heavy atom. The summed E-state index contributed by atoms with van der Waals surface area (Å²) < 4.78 is 44.8. The van der Waals surface area contributed by atoms with Crippen LogP contribution in [0.15, 0.2) is 16.7 Å². The quantitative estimate of drug-likeness (QED) is 0.816. The minimum Gasteiger partial charge on any atom is -0.354 e. The molecule has 3 rings (SSSR count). The fraction of sp³-hybridized carbons (Fsp3) is 0.533. The Hall–Kier alpha value is -1.22. The number of benzene rings is 1. The fourth-order valence-electron chi connectivity index (χ4n) is 3.03. The zero-order chi connectivity index (χ0) is 17.9. The van der Waals surface area contributed by atoms with Gasteiger partial charge in [0, 0.05) is 13.5 Å². The number of hydrogen-bond donors (Lipinski definition) is 0. The van der Waals surface area contributed by atoms with Gasteiger partial charge in [-0.25, -0.2) is 12.8 Å². The number of nitrogens with zero attached hydrogens (tertiary/aromatic N) is 2. The SMILES string of the molecule is CC(c1noc2c(Cl)cc(F)cc12)S(=O)(=O)C1CC(C)(C)ON1C. The molecule has 0 saturated carbocycles. The van der Waals surface area contributed by atoms with Crippen LogP contribution in [0.2, 0.25) is 5.02 Å². The summed E-state index contributed by atoms with van der Waals surface area (Å²) in [6.07, 6.45) is 0.321. The van der Waals surface area contributed by atoms with Crippen LogP contribution in [-0.2, 0) is 14.7 Å². The maximum absolute atomic E-state index is 13.6. The van der Waals surface area contributed by atoms with E-state index < -0.39 is 31.9 Å². The second kappa shape index (κ2) is 5.66. The van der Waals surface area contributed by atoms with Crippen LogP contribution in [0.5, 0.6) is 0 Å². The second-order valence-corrected chi connectivity index (χ2v) is 9.46. The summed E-state index contributed by atoms with van der Waals surface area (Å²) >= 11 is 5.93. The predicted molar refractivity (Wildman–Crippen MR) is 87.6 cm³/mol. The van der Waals surface area contributed by atoms with E-state index in [1.807, 2.05) is 13.8 Å². The highest BCUT2D eigenvalue weighted by atomic mass is 35.5. The van der Waals surface area contributed by atoms with Crippen molar-refractivity contribution < 1.29 is 22.2 Å². The summed E-state index contributed by atoms with van der Waals surface area (Å²) in [7, 11) is -2.10. The summed E-state index contributed by atoms with van der Waals surface area (Å²) in [6.45, 7) is 5.15. The van der Waals surface area contributed by atoms with Crippen LogP contribution in [0.4, 0.5) is 4.39 Å². The van der Waals surface area contributed by atoms with Crippen LogP contribution >= 0.6 is 11.6 Å². The molecule has 2 aromatic rings. The lowest BCUT2D eigenvalue weighted by molar-refractivity contribution is -0.168. The van der Waals surface area contributed by atoms with Crippen LogP contribution in [0, 0.1) is 5.82 Å². The zero-order valence-electron chi connectivity index (χ0n) is 13.7. The number of halogens is 2. The van der Waals surface area contributed by atoms with Crippen molar-refractivity contribution in [3.05, 3.63) is 28.7 Å². The first-order valence-electron chi connectivity index (χ1n) is 7.42. The minimum atomic E-state index is -3.69. The van der Waals surface area contributed by atoms with Crippen LogP contribution in [0.25, 0.3) is 11.0 Å². The highest BCUT2D eigenvalue weighted by Gasteiger charge is 2.47. The number of aromatic nitrogens is 1. The summed E-state index contributed by atoms with van der Waals surface area (Å²) in [5.74, 6) is -0.580. The first-order valence-corrected chi connectivity index (χ1v) is 9.41. The average Bonchev–Trinajstić information content (AvgIpc) is 2.98. The number of sulfone groups is 1.